The van der Waals surface area contributed by atoms with Gasteiger partial charge in [-0.25, -0.2) is 0 Å². The lowest BCUT2D eigenvalue weighted by atomic mass is 9.76. The summed E-state index contributed by atoms with van der Waals surface area (Å²) in [4.78, 5) is 12.3. The Labute approximate surface area is 160 Å². The summed E-state index contributed by atoms with van der Waals surface area (Å²) >= 11 is 0. The van der Waals surface area contributed by atoms with Gasteiger partial charge >= 0.3 is 5.97 Å². The van der Waals surface area contributed by atoms with Crippen molar-refractivity contribution in [3.63, 3.8) is 0 Å². The SMILES string of the molecule is Br.O=C(O)C(c1ccccc1)C(P)(c1ccccc1)c1ccccc1. The van der Waals surface area contributed by atoms with Crippen molar-refractivity contribution in [2.75, 3.05) is 0 Å². The molecule has 3 aromatic carbocycles. The van der Waals surface area contributed by atoms with Crippen molar-refractivity contribution in [1.82, 2.24) is 0 Å². The zero-order valence-electron chi connectivity index (χ0n) is 13.6. The molecule has 25 heavy (non-hydrogen) atoms. The van der Waals surface area contributed by atoms with E-state index in [-0.39, 0.29) is 17.0 Å². The van der Waals surface area contributed by atoms with E-state index in [1.807, 2.05) is 91.0 Å². The Kier molecular flexibility index (Phi) is 6.52. The molecule has 3 rings (SSSR count). The molecule has 4 heteroatoms. The fraction of sp³-hybridized carbons (Fsp3) is 0.0952. The van der Waals surface area contributed by atoms with Crippen LogP contribution in [0.15, 0.2) is 91.0 Å². The van der Waals surface area contributed by atoms with Gasteiger partial charge in [-0.3, -0.25) is 4.79 Å². The molecule has 0 bridgehead atoms. The van der Waals surface area contributed by atoms with Crippen LogP contribution in [0.4, 0.5) is 0 Å². The molecule has 3 aromatic rings. The molecule has 0 aliphatic heterocycles. The highest BCUT2D eigenvalue weighted by Gasteiger charge is 2.43. The molecule has 0 fully saturated rings. The lowest BCUT2D eigenvalue weighted by Crippen LogP contribution is -2.34. The summed E-state index contributed by atoms with van der Waals surface area (Å²) in [5, 5.41) is 9.32. The first-order valence-electron chi connectivity index (χ1n) is 7.81. The molecule has 0 aliphatic carbocycles. The van der Waals surface area contributed by atoms with Gasteiger partial charge in [-0.05, 0) is 16.7 Å². The monoisotopic (exact) mass is 414 g/mol. The van der Waals surface area contributed by atoms with Gasteiger partial charge in [0.25, 0.3) is 0 Å². The quantitative estimate of drug-likeness (QED) is 0.578. The van der Waals surface area contributed by atoms with Gasteiger partial charge < -0.3 is 5.11 Å². The number of carboxylic acids is 1. The molecule has 0 heterocycles. The molecule has 0 radical (unpaired) electrons. The predicted octanol–water partition coefficient (Wildman–Crippen LogP) is 5.25. The molecule has 128 valence electrons. The Hall–Kier alpha value is -1.96. The van der Waals surface area contributed by atoms with Gasteiger partial charge in [-0.2, -0.15) is 0 Å². The average molecular weight is 415 g/mol. The van der Waals surface area contributed by atoms with Gasteiger partial charge in [0.2, 0.25) is 0 Å². The minimum Gasteiger partial charge on any atom is -0.481 e. The van der Waals surface area contributed by atoms with E-state index in [1.54, 1.807) is 0 Å². The van der Waals surface area contributed by atoms with Gasteiger partial charge in [0.15, 0.2) is 0 Å². The maximum atomic E-state index is 12.3. The summed E-state index contributed by atoms with van der Waals surface area (Å²) < 4.78 is 0. The molecule has 1 N–H and O–H groups in total. The Morgan fingerprint density at radius 3 is 1.48 bits per heavy atom. The van der Waals surface area contributed by atoms with Crippen molar-refractivity contribution in [2.45, 2.75) is 11.1 Å². The van der Waals surface area contributed by atoms with Gasteiger partial charge in [-0.1, -0.05) is 91.0 Å². The van der Waals surface area contributed by atoms with Crippen LogP contribution in [0.2, 0.25) is 0 Å². The van der Waals surface area contributed by atoms with Gasteiger partial charge in [0, 0.05) is 0 Å². The van der Waals surface area contributed by atoms with Gasteiger partial charge in [0.05, 0.1) is 11.1 Å². The van der Waals surface area contributed by atoms with E-state index in [9.17, 15) is 9.90 Å². The molecular formula is C21H20BrO2P. The fourth-order valence-corrected chi connectivity index (χ4v) is 3.89. The number of carboxylic acid groups (broad SMARTS) is 1. The number of benzene rings is 3. The van der Waals surface area contributed by atoms with Crippen LogP contribution in [0.3, 0.4) is 0 Å². The van der Waals surface area contributed by atoms with E-state index < -0.39 is 17.0 Å². The highest BCUT2D eigenvalue weighted by molar-refractivity contribution is 8.93. The maximum absolute atomic E-state index is 12.3. The molecule has 0 saturated carbocycles. The summed E-state index contributed by atoms with van der Waals surface area (Å²) in [5.41, 5.74) is 2.70. The number of halogens is 1. The second kappa shape index (κ2) is 8.42. The molecular weight excluding hydrogens is 395 g/mol. The van der Waals surface area contributed by atoms with Crippen molar-refractivity contribution in [3.05, 3.63) is 108 Å². The Morgan fingerprint density at radius 2 is 1.12 bits per heavy atom. The number of rotatable bonds is 5. The lowest BCUT2D eigenvalue weighted by molar-refractivity contribution is -0.139. The second-order valence-corrected chi connectivity index (χ2v) is 6.69. The fourth-order valence-electron chi connectivity index (χ4n) is 3.17. The topological polar surface area (TPSA) is 37.3 Å². The second-order valence-electron chi connectivity index (χ2n) is 5.78. The Balaban J connectivity index is 0.00000225. The molecule has 2 unspecified atom stereocenters. The summed E-state index contributed by atoms with van der Waals surface area (Å²) in [7, 11) is 2.82. The van der Waals surface area contributed by atoms with Crippen LogP contribution in [0.5, 0.6) is 0 Å². The van der Waals surface area contributed by atoms with E-state index in [1.165, 1.54) is 0 Å². The number of hydrogen-bond donors (Lipinski definition) is 1. The van der Waals surface area contributed by atoms with Crippen LogP contribution in [0.1, 0.15) is 22.6 Å². The summed E-state index contributed by atoms with van der Waals surface area (Å²) in [6.45, 7) is 0. The van der Waals surface area contributed by atoms with Gasteiger partial charge in [-0.15, -0.1) is 26.2 Å². The molecule has 0 aromatic heterocycles. The molecule has 0 amide bonds. The maximum Gasteiger partial charge on any atom is 0.312 e. The number of aliphatic carboxylic acids is 1. The van der Waals surface area contributed by atoms with E-state index in [0.29, 0.717) is 0 Å². The third-order valence-electron chi connectivity index (χ3n) is 4.34. The van der Waals surface area contributed by atoms with Crippen LogP contribution in [0, 0.1) is 0 Å². The summed E-state index contributed by atoms with van der Waals surface area (Å²) in [6.07, 6.45) is 0. The third-order valence-corrected chi connectivity index (χ3v) is 5.34. The van der Waals surface area contributed by atoms with E-state index in [4.69, 9.17) is 0 Å². The van der Waals surface area contributed by atoms with Crippen LogP contribution < -0.4 is 0 Å². The van der Waals surface area contributed by atoms with E-state index in [0.717, 1.165) is 16.7 Å². The predicted molar refractivity (Wildman–Crippen MR) is 111 cm³/mol. The van der Waals surface area contributed by atoms with E-state index in [2.05, 4.69) is 9.24 Å². The average Bonchev–Trinajstić information content (AvgIpc) is 2.64. The normalized spacial score (nSPS) is 12.0. The zero-order valence-corrected chi connectivity index (χ0v) is 16.4. The largest absolute Gasteiger partial charge is 0.481 e. The van der Waals surface area contributed by atoms with Crippen molar-refractivity contribution in [3.8, 4) is 0 Å². The molecule has 0 spiro atoms. The van der Waals surface area contributed by atoms with Crippen LogP contribution in [-0.2, 0) is 9.95 Å². The van der Waals surface area contributed by atoms with Crippen molar-refractivity contribution in [2.24, 2.45) is 0 Å². The lowest BCUT2D eigenvalue weighted by Gasteiger charge is -2.36. The Bertz CT molecular complexity index is 768. The highest BCUT2D eigenvalue weighted by Crippen LogP contribution is 2.49. The minimum absolute atomic E-state index is 0. The summed E-state index contributed by atoms with van der Waals surface area (Å²) in [6, 6.07) is 29.0. The first kappa shape index (κ1) is 19.4. The molecule has 0 aliphatic rings. The first-order chi connectivity index (χ1) is 11.6. The highest BCUT2D eigenvalue weighted by atomic mass is 79.9. The van der Waals surface area contributed by atoms with Crippen LogP contribution in [0.25, 0.3) is 0 Å². The van der Waals surface area contributed by atoms with Crippen molar-refractivity contribution in [1.29, 1.82) is 0 Å². The first-order valence-corrected chi connectivity index (χ1v) is 8.39. The third kappa shape index (κ3) is 3.84. The Morgan fingerprint density at radius 1 is 0.760 bits per heavy atom. The standard InChI is InChI=1S/C21H19O2P.BrH/c22-20(23)19(16-10-4-1-5-11-16)21(24,17-12-6-2-7-13-17)18-14-8-3-9-15-18;/h1-15,19H,24H2,(H,22,23);1H. The van der Waals surface area contributed by atoms with Gasteiger partial charge in [0.1, 0.15) is 0 Å². The molecule has 2 nitrogen and oxygen atoms in total. The zero-order chi connectivity index (χ0) is 17.0. The molecule has 0 saturated heterocycles. The molecule has 2 atom stereocenters. The van der Waals surface area contributed by atoms with Crippen LogP contribution in [-0.4, -0.2) is 11.1 Å². The van der Waals surface area contributed by atoms with Crippen LogP contribution >= 0.6 is 26.2 Å². The summed E-state index contributed by atoms with van der Waals surface area (Å²) in [5.74, 6) is -1.56. The van der Waals surface area contributed by atoms with Crippen molar-refractivity contribution >= 4 is 32.2 Å². The number of carbonyl (C=O) groups is 1. The van der Waals surface area contributed by atoms with E-state index >= 15 is 0 Å². The van der Waals surface area contributed by atoms with Crippen molar-refractivity contribution < 1.29 is 9.90 Å². The number of hydrogen-bond acceptors (Lipinski definition) is 1. The minimum atomic E-state index is -0.844. The smallest absolute Gasteiger partial charge is 0.312 e.